The quantitative estimate of drug-likeness (QED) is 0.182. The molecule has 0 aromatic rings. The second kappa shape index (κ2) is 14.3. The molecule has 22 unspecified atom stereocenters. The maximum absolute atomic E-state index is 14.2. The van der Waals surface area contributed by atoms with Crippen LogP contribution in [0.1, 0.15) is 78.6 Å². The molecule has 4 saturated heterocycles. The van der Waals surface area contributed by atoms with Gasteiger partial charge >= 0.3 is 0 Å². The third-order valence-corrected chi connectivity index (χ3v) is 15.3. The molecule has 8 rings (SSSR count). The van der Waals surface area contributed by atoms with Crippen molar-refractivity contribution in [3.05, 3.63) is 0 Å². The van der Waals surface area contributed by atoms with Crippen LogP contribution in [0.15, 0.2) is 0 Å². The molecule has 4 heterocycles. The van der Waals surface area contributed by atoms with Crippen molar-refractivity contribution in [3.8, 4) is 0 Å². The molecule has 0 aromatic carbocycles. The van der Waals surface area contributed by atoms with Crippen molar-refractivity contribution in [2.24, 2.45) is 52.8 Å². The number of Topliss-reactive ketones (excluding diaryl/α,β-unsaturated/α-hetero) is 1. The summed E-state index contributed by atoms with van der Waals surface area (Å²) in [6.07, 6.45) is -6.86. The summed E-state index contributed by atoms with van der Waals surface area (Å²) in [5.74, 6) is 2.32. The molecule has 22 atom stereocenters. The fourth-order valence-electron chi connectivity index (χ4n) is 12.3. The summed E-state index contributed by atoms with van der Waals surface area (Å²) in [5.41, 5.74) is -0.0268. The highest BCUT2D eigenvalue weighted by Crippen LogP contribution is 2.66. The van der Waals surface area contributed by atoms with Crippen LogP contribution in [0.3, 0.4) is 0 Å². The van der Waals surface area contributed by atoms with Gasteiger partial charge in [0.2, 0.25) is 0 Å². The molecule has 8 fully saturated rings. The molecule has 0 bridgehead atoms. The van der Waals surface area contributed by atoms with Gasteiger partial charge in [-0.2, -0.15) is 0 Å². The Morgan fingerprint density at radius 3 is 2.23 bits per heavy atom. The fourth-order valence-corrected chi connectivity index (χ4v) is 12.3. The van der Waals surface area contributed by atoms with Crippen molar-refractivity contribution < 1.29 is 69.0 Å². The Balaban J connectivity index is 0.889. The van der Waals surface area contributed by atoms with E-state index in [2.05, 4.69) is 20.8 Å². The predicted molar refractivity (Wildman–Crippen MR) is 179 cm³/mol. The van der Waals surface area contributed by atoms with Crippen molar-refractivity contribution >= 4 is 5.78 Å². The minimum absolute atomic E-state index is 0.0268. The number of carbonyl (C=O) groups is 1. The van der Waals surface area contributed by atoms with E-state index in [1.54, 1.807) is 0 Å². The Kier molecular flexibility index (Phi) is 10.4. The van der Waals surface area contributed by atoms with Crippen LogP contribution in [0, 0.1) is 52.8 Å². The highest BCUT2D eigenvalue weighted by molar-refractivity contribution is 5.83. The van der Waals surface area contributed by atoms with Gasteiger partial charge in [0.1, 0.15) is 54.6 Å². The van der Waals surface area contributed by atoms with Gasteiger partial charge in [-0.15, -0.1) is 0 Å². The summed E-state index contributed by atoms with van der Waals surface area (Å²) in [4.78, 5) is 14.2. The Labute approximate surface area is 305 Å². The number of ether oxygens (including phenoxy) is 6. The van der Waals surface area contributed by atoms with Gasteiger partial charge in [-0.3, -0.25) is 4.79 Å². The highest BCUT2D eigenvalue weighted by atomic mass is 16.7. The van der Waals surface area contributed by atoms with E-state index in [0.29, 0.717) is 48.2 Å². The molecule has 4 aliphatic heterocycles. The van der Waals surface area contributed by atoms with Gasteiger partial charge < -0.3 is 64.2 Å². The Bertz CT molecular complexity index is 1290. The van der Waals surface area contributed by atoms with Gasteiger partial charge in [0, 0.05) is 30.6 Å². The van der Waals surface area contributed by atoms with Gasteiger partial charge in [-0.05, 0) is 80.0 Å². The largest absolute Gasteiger partial charge is 0.394 e. The lowest BCUT2D eigenvalue weighted by atomic mass is 9.46. The average molecular weight is 741 g/mol. The van der Waals surface area contributed by atoms with E-state index < -0.39 is 80.4 Å². The van der Waals surface area contributed by atoms with Crippen LogP contribution in [0.2, 0.25) is 0 Å². The minimum atomic E-state index is -1.64. The first-order valence-corrected chi connectivity index (χ1v) is 19.9. The van der Waals surface area contributed by atoms with Gasteiger partial charge in [0.15, 0.2) is 18.4 Å². The molecule has 52 heavy (non-hydrogen) atoms. The lowest BCUT2D eigenvalue weighted by molar-refractivity contribution is -0.338. The normalized spacial score (nSPS) is 57.6. The van der Waals surface area contributed by atoms with E-state index in [1.807, 2.05) is 0 Å². The summed E-state index contributed by atoms with van der Waals surface area (Å²) in [6, 6.07) is 0. The van der Waals surface area contributed by atoms with E-state index in [4.69, 9.17) is 28.4 Å². The maximum Gasteiger partial charge on any atom is 0.186 e. The molecule has 0 radical (unpaired) electrons. The van der Waals surface area contributed by atoms with E-state index in [-0.39, 0.29) is 35.4 Å². The molecule has 0 amide bonds. The van der Waals surface area contributed by atoms with Crippen LogP contribution in [0.4, 0.5) is 0 Å². The van der Waals surface area contributed by atoms with Gasteiger partial charge in [-0.25, -0.2) is 0 Å². The molecular formula is C38H60O14. The average Bonchev–Trinajstić information content (AvgIpc) is 3.63. The summed E-state index contributed by atoms with van der Waals surface area (Å²) < 4.78 is 36.4. The molecule has 4 aliphatic carbocycles. The Morgan fingerprint density at radius 1 is 0.808 bits per heavy atom. The van der Waals surface area contributed by atoms with Crippen LogP contribution in [-0.2, 0) is 33.2 Å². The Morgan fingerprint density at radius 2 is 1.52 bits per heavy atom. The Hall–Kier alpha value is -0.850. The van der Waals surface area contributed by atoms with E-state index in [1.165, 1.54) is 0 Å². The predicted octanol–water partition coefficient (Wildman–Crippen LogP) is 0.231. The van der Waals surface area contributed by atoms with Crippen LogP contribution in [0.25, 0.3) is 0 Å². The van der Waals surface area contributed by atoms with E-state index >= 15 is 0 Å². The number of hydrogen-bond acceptors (Lipinski definition) is 14. The standard InChI is InChI=1S/C38H60O14/c1-16-6-9-38(48-14-16)17(2)27-24(52-38)11-21-20-5-4-18-10-19(7-8-37(18,3)22(20)12-23(40)28(21)27)49-36-34(46)32(44)30(42)26(51-36)15-47-35-33(45)31(43)29(41)25(13-39)50-35/h16-22,24-36,39,41-46H,4-15H2,1-3H3. The number of rotatable bonds is 6. The monoisotopic (exact) mass is 740 g/mol. The molecule has 1 spiro atoms. The summed E-state index contributed by atoms with van der Waals surface area (Å²) >= 11 is 0. The number of ketones is 1. The van der Waals surface area contributed by atoms with Crippen molar-refractivity contribution in [2.75, 3.05) is 19.8 Å². The second-order valence-electron chi connectivity index (χ2n) is 18.0. The van der Waals surface area contributed by atoms with Crippen molar-refractivity contribution in [2.45, 2.75) is 158 Å². The summed E-state index contributed by atoms with van der Waals surface area (Å²) in [6.45, 7) is 6.52. The van der Waals surface area contributed by atoms with Crippen molar-refractivity contribution in [3.63, 3.8) is 0 Å². The van der Waals surface area contributed by atoms with Crippen LogP contribution >= 0.6 is 0 Å². The smallest absolute Gasteiger partial charge is 0.186 e. The maximum atomic E-state index is 14.2. The lowest BCUT2D eigenvalue weighted by Crippen LogP contribution is -2.62. The second-order valence-corrected chi connectivity index (χ2v) is 18.0. The van der Waals surface area contributed by atoms with Crippen molar-refractivity contribution in [1.29, 1.82) is 0 Å². The fraction of sp³-hybridized carbons (Fsp3) is 0.974. The van der Waals surface area contributed by atoms with Crippen LogP contribution < -0.4 is 0 Å². The molecule has 0 aromatic heterocycles. The van der Waals surface area contributed by atoms with Gasteiger partial charge in [0.25, 0.3) is 0 Å². The third kappa shape index (κ3) is 6.15. The summed E-state index contributed by atoms with van der Waals surface area (Å²) in [7, 11) is 0. The van der Waals surface area contributed by atoms with E-state index in [9.17, 15) is 40.5 Å². The third-order valence-electron chi connectivity index (χ3n) is 15.3. The minimum Gasteiger partial charge on any atom is -0.394 e. The van der Waals surface area contributed by atoms with Crippen LogP contribution in [0.5, 0.6) is 0 Å². The summed E-state index contributed by atoms with van der Waals surface area (Å²) in [5, 5.41) is 72.3. The first-order chi connectivity index (χ1) is 24.8. The zero-order valence-corrected chi connectivity index (χ0v) is 30.5. The number of hydrogen-bond donors (Lipinski definition) is 7. The SMILES string of the molecule is CC1CCC2(OC1)OC1CC3C4CCC5CC(OC6OC(COC7OC(CO)C(O)C(O)C7O)C(O)C(O)C6O)CCC5(C)C4CC(=O)C3C1C2C. The van der Waals surface area contributed by atoms with Crippen LogP contribution in [-0.4, -0.2) is 141 Å². The first-order valence-electron chi connectivity index (χ1n) is 19.9. The topological polar surface area (TPSA) is 214 Å². The molecule has 7 N–H and O–H groups in total. The molecule has 4 saturated carbocycles. The van der Waals surface area contributed by atoms with Crippen molar-refractivity contribution in [1.82, 2.24) is 0 Å². The zero-order valence-electron chi connectivity index (χ0n) is 30.5. The van der Waals surface area contributed by atoms with Gasteiger partial charge in [0.05, 0.1) is 32.0 Å². The number of fused-ring (bicyclic) bond motifs is 7. The zero-order chi connectivity index (χ0) is 36.9. The molecule has 296 valence electrons. The molecule has 14 heteroatoms. The highest BCUT2D eigenvalue weighted by Gasteiger charge is 2.67. The first kappa shape index (κ1) is 38.0. The van der Waals surface area contributed by atoms with Gasteiger partial charge in [-0.1, -0.05) is 20.8 Å². The molecule has 8 aliphatic rings. The van der Waals surface area contributed by atoms with E-state index in [0.717, 1.165) is 51.6 Å². The number of aliphatic hydroxyl groups is 7. The molecular weight excluding hydrogens is 680 g/mol. The number of carbonyl (C=O) groups excluding carboxylic acids is 1. The number of aliphatic hydroxyl groups excluding tert-OH is 7. The lowest BCUT2D eigenvalue weighted by Gasteiger charge is -2.59. The molecule has 14 nitrogen and oxygen atoms in total.